The number of benzene rings is 1. The standard InChI is InChI=1S/C14H13N3O5/c1-2-21-14(18)16-10-4-3-5-12(8-10)22-13-7-6-11(9-15-13)17(19)20/h3-9H,2H2,1H3,(H,16,18). The molecule has 8 heteroatoms. The molecule has 0 aliphatic rings. The number of aromatic nitrogens is 1. The summed E-state index contributed by atoms with van der Waals surface area (Å²) in [7, 11) is 0. The number of carbonyl (C=O) groups excluding carboxylic acids is 1. The second-order valence-corrected chi connectivity index (χ2v) is 4.09. The van der Waals surface area contributed by atoms with Gasteiger partial charge in [-0.3, -0.25) is 15.4 Å². The summed E-state index contributed by atoms with van der Waals surface area (Å²) in [5.41, 5.74) is 0.378. The fourth-order valence-corrected chi connectivity index (χ4v) is 1.58. The molecule has 0 bridgehead atoms. The Bertz CT molecular complexity index is 672. The summed E-state index contributed by atoms with van der Waals surface area (Å²) in [6.07, 6.45) is 0.545. The van der Waals surface area contributed by atoms with Crippen LogP contribution in [-0.4, -0.2) is 22.6 Å². The van der Waals surface area contributed by atoms with E-state index in [-0.39, 0.29) is 18.2 Å². The summed E-state index contributed by atoms with van der Waals surface area (Å²) in [5, 5.41) is 13.1. The van der Waals surface area contributed by atoms with E-state index >= 15 is 0 Å². The van der Waals surface area contributed by atoms with Crippen molar-refractivity contribution in [2.24, 2.45) is 0 Å². The molecule has 0 aliphatic heterocycles. The highest BCUT2D eigenvalue weighted by molar-refractivity contribution is 5.84. The lowest BCUT2D eigenvalue weighted by atomic mass is 10.3. The van der Waals surface area contributed by atoms with Crippen molar-refractivity contribution in [3.63, 3.8) is 0 Å². The van der Waals surface area contributed by atoms with Gasteiger partial charge in [0, 0.05) is 23.9 Å². The van der Waals surface area contributed by atoms with E-state index in [4.69, 9.17) is 9.47 Å². The zero-order valence-corrected chi connectivity index (χ0v) is 11.7. The van der Waals surface area contributed by atoms with Crippen LogP contribution in [-0.2, 0) is 4.74 Å². The molecule has 0 fully saturated rings. The van der Waals surface area contributed by atoms with Gasteiger partial charge in [-0.1, -0.05) is 6.07 Å². The first-order valence-electron chi connectivity index (χ1n) is 6.40. The number of nitrogens with one attached hydrogen (secondary N) is 1. The van der Waals surface area contributed by atoms with Crippen LogP contribution in [0.5, 0.6) is 11.6 Å². The number of ether oxygens (including phenoxy) is 2. The maximum Gasteiger partial charge on any atom is 0.411 e. The van der Waals surface area contributed by atoms with E-state index in [9.17, 15) is 14.9 Å². The van der Waals surface area contributed by atoms with E-state index in [0.717, 1.165) is 6.20 Å². The van der Waals surface area contributed by atoms with Crippen LogP contribution in [0.3, 0.4) is 0 Å². The molecule has 22 heavy (non-hydrogen) atoms. The Kier molecular flexibility index (Phi) is 4.86. The van der Waals surface area contributed by atoms with Gasteiger partial charge in [0.25, 0.3) is 5.69 Å². The lowest BCUT2D eigenvalue weighted by Crippen LogP contribution is -2.13. The zero-order chi connectivity index (χ0) is 15.9. The maximum atomic E-state index is 11.3. The molecule has 0 saturated carbocycles. The highest BCUT2D eigenvalue weighted by Gasteiger charge is 2.07. The zero-order valence-electron chi connectivity index (χ0n) is 11.7. The van der Waals surface area contributed by atoms with Crippen LogP contribution in [0.2, 0.25) is 0 Å². The Morgan fingerprint density at radius 2 is 2.18 bits per heavy atom. The van der Waals surface area contributed by atoms with Crippen molar-refractivity contribution in [2.75, 3.05) is 11.9 Å². The minimum Gasteiger partial charge on any atom is -0.450 e. The molecule has 2 aromatic rings. The van der Waals surface area contributed by atoms with E-state index in [0.29, 0.717) is 11.4 Å². The van der Waals surface area contributed by atoms with Gasteiger partial charge in [0.2, 0.25) is 5.88 Å². The first kappa shape index (κ1) is 15.2. The third-order valence-electron chi connectivity index (χ3n) is 2.51. The molecule has 1 aromatic heterocycles. The topological polar surface area (TPSA) is 104 Å². The number of carbonyl (C=O) groups is 1. The van der Waals surface area contributed by atoms with Crippen molar-refractivity contribution < 1.29 is 19.2 Å². The molecule has 0 atom stereocenters. The lowest BCUT2D eigenvalue weighted by molar-refractivity contribution is -0.385. The van der Waals surface area contributed by atoms with E-state index < -0.39 is 11.0 Å². The molecule has 1 N–H and O–H groups in total. The van der Waals surface area contributed by atoms with Crippen molar-refractivity contribution in [2.45, 2.75) is 6.92 Å². The van der Waals surface area contributed by atoms with Crippen molar-refractivity contribution >= 4 is 17.5 Å². The minimum atomic E-state index is -0.562. The Morgan fingerprint density at radius 3 is 2.82 bits per heavy atom. The quantitative estimate of drug-likeness (QED) is 0.671. The van der Waals surface area contributed by atoms with Crippen molar-refractivity contribution in [3.8, 4) is 11.6 Å². The molecule has 0 aliphatic carbocycles. The fourth-order valence-electron chi connectivity index (χ4n) is 1.58. The molecule has 0 saturated heterocycles. The maximum absolute atomic E-state index is 11.3. The Morgan fingerprint density at radius 1 is 1.36 bits per heavy atom. The number of nitro groups is 1. The van der Waals surface area contributed by atoms with Gasteiger partial charge >= 0.3 is 6.09 Å². The van der Waals surface area contributed by atoms with Gasteiger partial charge in [0.05, 0.1) is 11.5 Å². The van der Waals surface area contributed by atoms with Gasteiger partial charge < -0.3 is 9.47 Å². The monoisotopic (exact) mass is 303 g/mol. The number of hydrogen-bond donors (Lipinski definition) is 1. The van der Waals surface area contributed by atoms with Crippen LogP contribution in [0.4, 0.5) is 16.2 Å². The summed E-state index contributed by atoms with van der Waals surface area (Å²) in [6.45, 7) is 1.98. The summed E-state index contributed by atoms with van der Waals surface area (Å²) >= 11 is 0. The molecule has 0 spiro atoms. The number of pyridine rings is 1. The molecule has 114 valence electrons. The van der Waals surface area contributed by atoms with Gasteiger partial charge in [0.1, 0.15) is 11.9 Å². The summed E-state index contributed by atoms with van der Waals surface area (Å²) < 4.78 is 10.2. The van der Waals surface area contributed by atoms with Crippen molar-refractivity contribution in [1.29, 1.82) is 0 Å². The van der Waals surface area contributed by atoms with Crippen molar-refractivity contribution in [1.82, 2.24) is 4.98 Å². The summed E-state index contributed by atoms with van der Waals surface area (Å²) in [5.74, 6) is 0.634. The van der Waals surface area contributed by atoms with Crippen LogP contribution < -0.4 is 10.1 Å². The van der Waals surface area contributed by atoms with Crippen LogP contribution in [0, 0.1) is 10.1 Å². The van der Waals surface area contributed by atoms with Crippen molar-refractivity contribution in [3.05, 3.63) is 52.7 Å². The average molecular weight is 303 g/mol. The Hall–Kier alpha value is -3.16. The van der Waals surface area contributed by atoms with Crippen LogP contribution in [0.25, 0.3) is 0 Å². The normalized spacial score (nSPS) is 9.86. The smallest absolute Gasteiger partial charge is 0.411 e. The minimum absolute atomic E-state index is 0.120. The highest BCUT2D eigenvalue weighted by Crippen LogP contribution is 2.23. The number of anilines is 1. The lowest BCUT2D eigenvalue weighted by Gasteiger charge is -2.08. The molecule has 1 aromatic carbocycles. The average Bonchev–Trinajstić information content (AvgIpc) is 2.48. The van der Waals surface area contributed by atoms with Crippen LogP contribution in [0.1, 0.15) is 6.92 Å². The molecular formula is C14H13N3O5. The molecular weight excluding hydrogens is 290 g/mol. The Balaban J connectivity index is 2.06. The van der Waals surface area contributed by atoms with E-state index in [1.807, 2.05) is 0 Å². The summed E-state index contributed by atoms with van der Waals surface area (Å²) in [6, 6.07) is 9.29. The number of nitrogens with zero attached hydrogens (tertiary/aromatic N) is 2. The predicted molar refractivity (Wildman–Crippen MR) is 78.1 cm³/mol. The third-order valence-corrected chi connectivity index (χ3v) is 2.51. The molecule has 1 heterocycles. The van der Waals surface area contributed by atoms with E-state index in [1.54, 1.807) is 31.2 Å². The molecule has 8 nitrogen and oxygen atoms in total. The number of hydrogen-bond acceptors (Lipinski definition) is 6. The van der Waals surface area contributed by atoms with Gasteiger partial charge in [-0.05, 0) is 19.1 Å². The van der Waals surface area contributed by atoms with Crippen LogP contribution >= 0.6 is 0 Å². The summed E-state index contributed by atoms with van der Waals surface area (Å²) in [4.78, 5) is 25.2. The second kappa shape index (κ2) is 7.02. The van der Waals surface area contributed by atoms with Gasteiger partial charge in [-0.25, -0.2) is 9.78 Å². The molecule has 0 unspecified atom stereocenters. The second-order valence-electron chi connectivity index (χ2n) is 4.09. The first-order chi connectivity index (χ1) is 10.6. The van der Waals surface area contributed by atoms with Gasteiger partial charge in [-0.15, -0.1) is 0 Å². The van der Waals surface area contributed by atoms with Gasteiger partial charge in [0.15, 0.2) is 0 Å². The Labute approximate surface area is 125 Å². The largest absolute Gasteiger partial charge is 0.450 e. The first-order valence-corrected chi connectivity index (χ1v) is 6.40. The molecule has 2 rings (SSSR count). The van der Waals surface area contributed by atoms with Gasteiger partial charge in [-0.2, -0.15) is 0 Å². The number of rotatable bonds is 5. The SMILES string of the molecule is CCOC(=O)Nc1cccc(Oc2ccc([N+](=O)[O-])cn2)c1. The molecule has 1 amide bonds. The molecule has 0 radical (unpaired) electrons. The van der Waals surface area contributed by atoms with E-state index in [1.165, 1.54) is 12.1 Å². The van der Waals surface area contributed by atoms with E-state index in [2.05, 4.69) is 10.3 Å². The fraction of sp³-hybridized carbons (Fsp3) is 0.143. The predicted octanol–water partition coefficient (Wildman–Crippen LogP) is 3.35. The highest BCUT2D eigenvalue weighted by atomic mass is 16.6. The van der Waals surface area contributed by atoms with Crippen LogP contribution in [0.15, 0.2) is 42.6 Å². The third kappa shape index (κ3) is 4.17. The number of amides is 1.